The molecule has 0 spiro atoms. The molecule has 0 aliphatic heterocycles. The van der Waals surface area contributed by atoms with Gasteiger partial charge in [0.1, 0.15) is 11.6 Å². The van der Waals surface area contributed by atoms with Crippen LogP contribution in [0.3, 0.4) is 0 Å². The molecule has 7 nitrogen and oxygen atoms in total. The Bertz CT molecular complexity index is 1000. The second-order valence-electron chi connectivity index (χ2n) is 6.02. The molecule has 0 saturated heterocycles. The smallest absolute Gasteiger partial charge is 0.238 e. The fourth-order valence-corrected chi connectivity index (χ4v) is 4.02. The molecule has 0 fully saturated rings. The number of hydrogen-bond donors (Lipinski definition) is 1. The predicted molar refractivity (Wildman–Crippen MR) is 109 cm³/mol. The molecule has 0 unspecified atom stereocenters. The Labute approximate surface area is 169 Å². The van der Waals surface area contributed by atoms with Gasteiger partial charge in [0.2, 0.25) is 10.0 Å². The van der Waals surface area contributed by atoms with Crippen molar-refractivity contribution in [1.29, 1.82) is 0 Å². The van der Waals surface area contributed by atoms with Gasteiger partial charge < -0.3 is 9.30 Å². The van der Waals surface area contributed by atoms with E-state index in [1.165, 1.54) is 17.7 Å². The van der Waals surface area contributed by atoms with Crippen molar-refractivity contribution in [1.82, 2.24) is 14.8 Å². The maximum atomic E-state index is 11.3. The first-order chi connectivity index (χ1) is 13.5. The van der Waals surface area contributed by atoms with Gasteiger partial charge in [0, 0.05) is 18.7 Å². The van der Waals surface area contributed by atoms with E-state index in [0.717, 1.165) is 23.9 Å². The molecular formula is C19H22N4O3S2. The summed E-state index contributed by atoms with van der Waals surface area (Å²) < 4.78 is 30.3. The van der Waals surface area contributed by atoms with Crippen molar-refractivity contribution >= 4 is 21.8 Å². The summed E-state index contributed by atoms with van der Waals surface area (Å²) >= 11 is 1.58. The molecule has 0 saturated carbocycles. The van der Waals surface area contributed by atoms with Gasteiger partial charge in [0.15, 0.2) is 5.16 Å². The number of hydrogen-bond acceptors (Lipinski definition) is 6. The van der Waals surface area contributed by atoms with Crippen molar-refractivity contribution in [3.8, 4) is 5.75 Å². The number of thioether (sulfide) groups is 1. The Balaban J connectivity index is 1.53. The van der Waals surface area contributed by atoms with Crippen LogP contribution in [0.4, 0.5) is 0 Å². The number of nitrogens with zero attached hydrogens (tertiary/aromatic N) is 3. The Morgan fingerprint density at radius 2 is 1.79 bits per heavy atom. The van der Waals surface area contributed by atoms with Gasteiger partial charge >= 0.3 is 0 Å². The van der Waals surface area contributed by atoms with Crippen LogP contribution < -0.4 is 9.88 Å². The van der Waals surface area contributed by atoms with Crippen molar-refractivity contribution < 1.29 is 13.2 Å². The first kappa shape index (κ1) is 20.4. The summed E-state index contributed by atoms with van der Waals surface area (Å²) in [7, 11) is -3.69. The Morgan fingerprint density at radius 1 is 1.07 bits per heavy atom. The second-order valence-corrected chi connectivity index (χ2v) is 8.64. The number of aromatic nitrogens is 3. The molecule has 0 radical (unpaired) electrons. The van der Waals surface area contributed by atoms with Crippen molar-refractivity contribution in [3.63, 3.8) is 0 Å². The molecule has 1 aromatic heterocycles. The molecule has 3 aromatic rings. The Morgan fingerprint density at radius 3 is 2.43 bits per heavy atom. The zero-order chi connectivity index (χ0) is 20.0. The van der Waals surface area contributed by atoms with E-state index in [9.17, 15) is 8.42 Å². The third kappa shape index (κ3) is 5.34. The fourth-order valence-electron chi connectivity index (χ4n) is 2.67. The molecule has 2 N–H and O–H groups in total. The average molecular weight is 419 g/mol. The van der Waals surface area contributed by atoms with E-state index in [-0.39, 0.29) is 4.90 Å². The second kappa shape index (κ2) is 9.22. The van der Waals surface area contributed by atoms with E-state index in [0.29, 0.717) is 18.1 Å². The molecule has 0 atom stereocenters. The number of primary sulfonamides is 1. The van der Waals surface area contributed by atoms with Crippen molar-refractivity contribution in [2.45, 2.75) is 29.9 Å². The van der Waals surface area contributed by atoms with E-state index in [2.05, 4.69) is 33.8 Å². The highest BCUT2D eigenvalue weighted by atomic mass is 32.2. The van der Waals surface area contributed by atoms with Crippen LogP contribution in [0.5, 0.6) is 5.75 Å². The zero-order valence-corrected chi connectivity index (χ0v) is 17.1. The van der Waals surface area contributed by atoms with E-state index >= 15 is 0 Å². The van der Waals surface area contributed by atoms with Crippen LogP contribution in [-0.2, 0) is 23.0 Å². The molecule has 0 aliphatic carbocycles. The van der Waals surface area contributed by atoms with Crippen LogP contribution in [0.1, 0.15) is 18.3 Å². The van der Waals surface area contributed by atoms with Gasteiger partial charge in [-0.1, -0.05) is 42.1 Å². The summed E-state index contributed by atoms with van der Waals surface area (Å²) in [6.07, 6.45) is 0.745. The van der Waals surface area contributed by atoms with Gasteiger partial charge in [-0.15, -0.1) is 10.2 Å². The largest absolute Gasteiger partial charge is 0.493 e. The first-order valence-electron chi connectivity index (χ1n) is 8.82. The number of ether oxygens (including phenoxy) is 1. The first-order valence-corrected chi connectivity index (χ1v) is 11.3. The SMILES string of the molecule is CCn1c(Cc2ccccc2)nnc1SCCOc1ccc(S(N)(=O)=O)cc1. The lowest BCUT2D eigenvalue weighted by Gasteiger charge is -2.08. The van der Waals surface area contributed by atoms with Gasteiger partial charge in [0.25, 0.3) is 0 Å². The number of sulfonamides is 1. The highest BCUT2D eigenvalue weighted by Gasteiger charge is 2.12. The zero-order valence-electron chi connectivity index (χ0n) is 15.5. The minimum atomic E-state index is -3.69. The Kier molecular flexibility index (Phi) is 6.71. The summed E-state index contributed by atoms with van der Waals surface area (Å²) in [5.74, 6) is 2.23. The fraction of sp³-hybridized carbons (Fsp3) is 0.263. The van der Waals surface area contributed by atoms with Gasteiger partial charge in [-0.25, -0.2) is 13.6 Å². The average Bonchev–Trinajstić information content (AvgIpc) is 3.07. The molecule has 28 heavy (non-hydrogen) atoms. The maximum Gasteiger partial charge on any atom is 0.238 e. The Hall–Kier alpha value is -2.36. The quantitative estimate of drug-likeness (QED) is 0.424. The molecular weight excluding hydrogens is 396 g/mol. The summed E-state index contributed by atoms with van der Waals surface area (Å²) in [6, 6.07) is 16.2. The van der Waals surface area contributed by atoms with Gasteiger partial charge in [-0.3, -0.25) is 0 Å². The van der Waals surface area contributed by atoms with E-state index in [1.807, 2.05) is 18.2 Å². The van der Waals surface area contributed by atoms with Crippen LogP contribution >= 0.6 is 11.8 Å². The van der Waals surface area contributed by atoms with Crippen LogP contribution in [0.25, 0.3) is 0 Å². The third-order valence-corrected chi connectivity index (χ3v) is 5.91. The van der Waals surface area contributed by atoms with E-state index in [1.54, 1.807) is 23.9 Å². The van der Waals surface area contributed by atoms with E-state index in [4.69, 9.17) is 9.88 Å². The van der Waals surface area contributed by atoms with Crippen LogP contribution in [0.2, 0.25) is 0 Å². The van der Waals surface area contributed by atoms with Gasteiger partial charge in [0.05, 0.1) is 11.5 Å². The third-order valence-electron chi connectivity index (χ3n) is 4.05. The summed E-state index contributed by atoms with van der Waals surface area (Å²) in [5, 5.41) is 14.6. The topological polar surface area (TPSA) is 100 Å². The summed E-state index contributed by atoms with van der Waals surface area (Å²) in [4.78, 5) is 0.0659. The van der Waals surface area contributed by atoms with Gasteiger partial charge in [-0.05, 0) is 36.8 Å². The lowest BCUT2D eigenvalue weighted by molar-refractivity contribution is 0.343. The lowest BCUT2D eigenvalue weighted by atomic mass is 10.1. The molecule has 1 heterocycles. The lowest BCUT2D eigenvalue weighted by Crippen LogP contribution is -2.11. The monoisotopic (exact) mass is 418 g/mol. The summed E-state index contributed by atoms with van der Waals surface area (Å²) in [5.41, 5.74) is 1.20. The molecule has 3 rings (SSSR count). The summed E-state index contributed by atoms with van der Waals surface area (Å²) in [6.45, 7) is 3.34. The predicted octanol–water partition coefficient (Wildman–Crippen LogP) is 2.71. The number of benzene rings is 2. The van der Waals surface area contributed by atoms with Crippen molar-refractivity contribution in [2.24, 2.45) is 5.14 Å². The highest BCUT2D eigenvalue weighted by molar-refractivity contribution is 7.99. The molecule has 148 valence electrons. The standard InChI is InChI=1S/C19H22N4O3S2/c1-2-23-18(14-15-6-4-3-5-7-15)21-22-19(23)27-13-12-26-16-8-10-17(11-9-16)28(20,24)25/h3-11H,2,12-14H2,1H3,(H2,20,24,25). The molecule has 9 heteroatoms. The van der Waals surface area contributed by atoms with Crippen LogP contribution in [0, 0.1) is 0 Å². The maximum absolute atomic E-state index is 11.3. The normalized spacial score (nSPS) is 11.5. The molecule has 0 bridgehead atoms. The molecule has 2 aromatic carbocycles. The van der Waals surface area contributed by atoms with Crippen molar-refractivity contribution in [3.05, 3.63) is 66.0 Å². The van der Waals surface area contributed by atoms with E-state index < -0.39 is 10.0 Å². The van der Waals surface area contributed by atoms with Gasteiger partial charge in [-0.2, -0.15) is 0 Å². The highest BCUT2D eigenvalue weighted by Crippen LogP contribution is 2.20. The minimum absolute atomic E-state index is 0.0659. The number of nitrogens with two attached hydrogens (primary N) is 1. The minimum Gasteiger partial charge on any atom is -0.493 e. The van der Waals surface area contributed by atoms with Crippen molar-refractivity contribution in [2.75, 3.05) is 12.4 Å². The van der Waals surface area contributed by atoms with Crippen LogP contribution in [-0.4, -0.2) is 35.5 Å². The van der Waals surface area contributed by atoms with Crippen LogP contribution in [0.15, 0.2) is 64.6 Å². The molecule has 0 aliphatic rings. The molecule has 0 amide bonds. The number of rotatable bonds is 9.